The second-order valence-electron chi connectivity index (χ2n) is 6.53. The minimum absolute atomic E-state index is 0. The summed E-state index contributed by atoms with van der Waals surface area (Å²) < 4.78 is 16.4. The van der Waals surface area contributed by atoms with Gasteiger partial charge in [0, 0.05) is 6.54 Å². The fraction of sp³-hybridized carbons (Fsp3) is 0.261. The minimum Gasteiger partial charge on any atom is -0.494 e. The van der Waals surface area contributed by atoms with Gasteiger partial charge in [0.1, 0.15) is 5.75 Å². The Morgan fingerprint density at radius 2 is 1.70 bits per heavy atom. The lowest BCUT2D eigenvalue weighted by molar-refractivity contribution is 0.311. The Morgan fingerprint density at radius 3 is 2.47 bits per heavy atom. The summed E-state index contributed by atoms with van der Waals surface area (Å²) in [5.74, 6) is 2.65. The molecule has 0 atom stereocenters. The van der Waals surface area contributed by atoms with E-state index in [-0.39, 0.29) is 24.0 Å². The molecule has 0 heterocycles. The summed E-state index contributed by atoms with van der Waals surface area (Å²) in [5.41, 5.74) is 6.94. The molecule has 0 unspecified atom stereocenters. The summed E-state index contributed by atoms with van der Waals surface area (Å²) >= 11 is 0. The number of nitrogens with one attached hydrogen (secondary N) is 1. The van der Waals surface area contributed by atoms with Gasteiger partial charge in [-0.3, -0.25) is 0 Å². The molecule has 3 aromatic carbocycles. The number of halogens is 1. The highest BCUT2D eigenvalue weighted by molar-refractivity contribution is 14.0. The Balaban J connectivity index is 0.00000320. The Bertz CT molecular complexity index is 979. The third-order valence-corrected chi connectivity index (χ3v) is 4.50. The molecule has 0 aliphatic heterocycles. The minimum atomic E-state index is 0. The first-order chi connectivity index (χ1) is 14.2. The van der Waals surface area contributed by atoms with Crippen LogP contribution in [0.5, 0.6) is 17.2 Å². The zero-order chi connectivity index (χ0) is 20.5. The van der Waals surface area contributed by atoms with Gasteiger partial charge in [-0.2, -0.15) is 0 Å². The lowest BCUT2D eigenvalue weighted by Gasteiger charge is -2.10. The van der Waals surface area contributed by atoms with Crippen LogP contribution in [-0.4, -0.2) is 33.3 Å². The number of hydrogen-bond donors (Lipinski definition) is 2. The summed E-state index contributed by atoms with van der Waals surface area (Å²) in [6.45, 7) is 1.76. The number of benzene rings is 3. The van der Waals surface area contributed by atoms with Gasteiger partial charge in [0.15, 0.2) is 17.5 Å². The number of nitrogens with two attached hydrogens (primary N) is 1. The normalized spacial score (nSPS) is 10.9. The molecule has 0 spiro atoms. The van der Waals surface area contributed by atoms with E-state index in [1.807, 2.05) is 36.4 Å². The molecule has 0 aromatic heterocycles. The first-order valence-electron chi connectivity index (χ1n) is 9.56. The number of rotatable bonds is 9. The van der Waals surface area contributed by atoms with Crippen molar-refractivity contribution in [2.75, 3.05) is 27.4 Å². The van der Waals surface area contributed by atoms with E-state index in [0.29, 0.717) is 37.2 Å². The fourth-order valence-electron chi connectivity index (χ4n) is 2.95. The zero-order valence-corrected chi connectivity index (χ0v) is 19.6. The van der Waals surface area contributed by atoms with Crippen LogP contribution in [0.3, 0.4) is 0 Å². The van der Waals surface area contributed by atoms with E-state index in [1.54, 1.807) is 14.2 Å². The van der Waals surface area contributed by atoms with Crippen molar-refractivity contribution in [2.45, 2.75) is 13.0 Å². The number of hydrogen-bond acceptors (Lipinski definition) is 4. The molecule has 0 aliphatic rings. The van der Waals surface area contributed by atoms with Crippen LogP contribution in [0.25, 0.3) is 10.8 Å². The zero-order valence-electron chi connectivity index (χ0n) is 17.3. The number of fused-ring (bicyclic) bond motifs is 1. The maximum absolute atomic E-state index is 5.95. The molecule has 6 nitrogen and oxygen atoms in total. The van der Waals surface area contributed by atoms with E-state index >= 15 is 0 Å². The second kappa shape index (κ2) is 12.1. The number of ether oxygens (including phenoxy) is 3. The Morgan fingerprint density at radius 1 is 0.933 bits per heavy atom. The fourth-order valence-corrected chi connectivity index (χ4v) is 2.95. The smallest absolute Gasteiger partial charge is 0.188 e. The molecule has 160 valence electrons. The van der Waals surface area contributed by atoms with Gasteiger partial charge >= 0.3 is 0 Å². The highest BCUT2D eigenvalue weighted by atomic mass is 127. The van der Waals surface area contributed by atoms with Crippen molar-refractivity contribution in [3.05, 3.63) is 66.2 Å². The van der Waals surface area contributed by atoms with Gasteiger partial charge in [-0.25, -0.2) is 4.99 Å². The second-order valence-corrected chi connectivity index (χ2v) is 6.53. The van der Waals surface area contributed by atoms with E-state index in [2.05, 4.69) is 34.6 Å². The number of methoxy groups -OCH3 is 2. The summed E-state index contributed by atoms with van der Waals surface area (Å²) in [4.78, 5) is 4.36. The van der Waals surface area contributed by atoms with Crippen LogP contribution in [-0.2, 0) is 6.54 Å². The maximum atomic E-state index is 5.95. The third kappa shape index (κ3) is 6.69. The van der Waals surface area contributed by atoms with E-state index in [4.69, 9.17) is 19.9 Å². The number of guanidine groups is 1. The van der Waals surface area contributed by atoms with Gasteiger partial charge in [0.25, 0.3) is 0 Å². The van der Waals surface area contributed by atoms with Crippen LogP contribution in [0, 0.1) is 0 Å². The predicted octanol–water partition coefficient (Wildman–Crippen LogP) is 4.35. The molecule has 0 radical (unpaired) electrons. The van der Waals surface area contributed by atoms with Crippen molar-refractivity contribution in [3.8, 4) is 17.2 Å². The molecule has 0 bridgehead atoms. The van der Waals surface area contributed by atoms with Crippen molar-refractivity contribution >= 4 is 40.7 Å². The molecule has 3 aromatic rings. The first kappa shape index (κ1) is 23.6. The number of nitrogens with zero attached hydrogens (tertiary/aromatic N) is 1. The lowest BCUT2D eigenvalue weighted by atomic mass is 10.1. The molecule has 0 aliphatic carbocycles. The average Bonchev–Trinajstić information content (AvgIpc) is 2.77. The molecule has 0 saturated carbocycles. The molecule has 3 N–H and O–H groups in total. The Kier molecular flexibility index (Phi) is 9.53. The van der Waals surface area contributed by atoms with Crippen LogP contribution in [0.2, 0.25) is 0 Å². The molecular weight excluding hydrogens is 493 g/mol. The maximum Gasteiger partial charge on any atom is 0.188 e. The lowest BCUT2D eigenvalue weighted by Crippen LogP contribution is -2.33. The van der Waals surface area contributed by atoms with Crippen molar-refractivity contribution in [1.29, 1.82) is 0 Å². The van der Waals surface area contributed by atoms with Gasteiger partial charge in [-0.05, 0) is 47.0 Å². The van der Waals surface area contributed by atoms with Crippen LogP contribution >= 0.6 is 24.0 Å². The average molecular weight is 521 g/mol. The van der Waals surface area contributed by atoms with Crippen LogP contribution in [0.1, 0.15) is 12.0 Å². The Labute approximate surface area is 194 Å². The molecular formula is C23H28IN3O3. The third-order valence-electron chi connectivity index (χ3n) is 4.50. The standard InChI is InChI=1S/C23H27N3O3.HI/c1-27-21-11-8-17(14-22(21)28-2)16-26-23(24)25-12-5-13-29-20-10-9-18-6-3-4-7-19(18)15-20;/h3-4,6-11,14-15H,5,12-13,16H2,1-2H3,(H3,24,25,26);1H. The van der Waals surface area contributed by atoms with Crippen LogP contribution < -0.4 is 25.3 Å². The Hall–Kier alpha value is -2.68. The largest absolute Gasteiger partial charge is 0.494 e. The molecule has 7 heteroatoms. The summed E-state index contributed by atoms with van der Waals surface area (Å²) in [5, 5.41) is 5.50. The molecule has 0 amide bonds. The van der Waals surface area contributed by atoms with E-state index in [9.17, 15) is 0 Å². The van der Waals surface area contributed by atoms with E-state index < -0.39 is 0 Å². The van der Waals surface area contributed by atoms with Gasteiger partial charge < -0.3 is 25.3 Å². The van der Waals surface area contributed by atoms with Crippen molar-refractivity contribution in [3.63, 3.8) is 0 Å². The molecule has 0 fully saturated rings. The van der Waals surface area contributed by atoms with E-state index in [0.717, 1.165) is 17.7 Å². The molecule has 3 rings (SSSR count). The van der Waals surface area contributed by atoms with Crippen molar-refractivity contribution in [2.24, 2.45) is 10.7 Å². The van der Waals surface area contributed by atoms with Crippen molar-refractivity contribution in [1.82, 2.24) is 5.32 Å². The highest BCUT2D eigenvalue weighted by Gasteiger charge is 2.04. The topological polar surface area (TPSA) is 78.1 Å². The molecule has 30 heavy (non-hydrogen) atoms. The van der Waals surface area contributed by atoms with Gasteiger partial charge in [0.05, 0.1) is 27.4 Å². The SMILES string of the molecule is COc1ccc(CN=C(N)NCCCOc2ccc3ccccc3c2)cc1OC.I. The van der Waals surface area contributed by atoms with Gasteiger partial charge in [-0.15, -0.1) is 24.0 Å². The highest BCUT2D eigenvalue weighted by Crippen LogP contribution is 2.27. The first-order valence-corrected chi connectivity index (χ1v) is 9.56. The summed E-state index contributed by atoms with van der Waals surface area (Å²) in [7, 11) is 3.22. The van der Waals surface area contributed by atoms with Crippen LogP contribution in [0.15, 0.2) is 65.7 Å². The summed E-state index contributed by atoms with van der Waals surface area (Å²) in [6.07, 6.45) is 0.819. The van der Waals surface area contributed by atoms with Gasteiger partial charge in [-0.1, -0.05) is 36.4 Å². The molecule has 0 saturated heterocycles. The monoisotopic (exact) mass is 521 g/mol. The quantitative estimate of drug-likeness (QED) is 0.190. The predicted molar refractivity (Wildman–Crippen MR) is 132 cm³/mol. The van der Waals surface area contributed by atoms with Crippen LogP contribution in [0.4, 0.5) is 0 Å². The van der Waals surface area contributed by atoms with E-state index in [1.165, 1.54) is 10.8 Å². The van der Waals surface area contributed by atoms with Crippen molar-refractivity contribution < 1.29 is 14.2 Å². The van der Waals surface area contributed by atoms with Gasteiger partial charge in [0.2, 0.25) is 0 Å². The summed E-state index contributed by atoms with van der Waals surface area (Å²) in [6, 6.07) is 20.1. The number of aliphatic imine (C=N–C) groups is 1.